The Morgan fingerprint density at radius 2 is 1.74 bits per heavy atom. The Morgan fingerprint density at radius 1 is 1.21 bits per heavy atom. The first-order valence-corrected chi connectivity index (χ1v) is 7.30. The fourth-order valence-electron chi connectivity index (χ4n) is 1.07. The first kappa shape index (κ1) is 17.6. The van der Waals surface area contributed by atoms with Crippen molar-refractivity contribution in [3.63, 3.8) is 0 Å². The van der Waals surface area contributed by atoms with Crippen LogP contribution in [0.2, 0.25) is 0 Å². The summed E-state index contributed by atoms with van der Waals surface area (Å²) >= 11 is 0. The summed E-state index contributed by atoms with van der Waals surface area (Å²) in [6.45, 7) is 3.17. The van der Waals surface area contributed by atoms with Crippen LogP contribution in [0.15, 0.2) is 24.5 Å². The third kappa shape index (κ3) is 16.6. The van der Waals surface area contributed by atoms with E-state index in [1.165, 1.54) is 12.8 Å². The zero-order chi connectivity index (χ0) is 15.2. The van der Waals surface area contributed by atoms with Crippen LogP contribution in [0.5, 0.6) is 0 Å². The zero-order valence-electron chi connectivity index (χ0n) is 10.0. The summed E-state index contributed by atoms with van der Waals surface area (Å²) in [6.07, 6.45) is 6.23. The molecule has 0 spiro atoms. The van der Waals surface area contributed by atoms with E-state index in [0.29, 0.717) is 0 Å². The normalized spacial score (nSPS) is 14.4. The number of halogens is 6. The van der Waals surface area contributed by atoms with Crippen LogP contribution in [0.4, 0.5) is 25.2 Å². The Bertz CT molecular complexity index is 450. The molecule has 0 bridgehead atoms. The quantitative estimate of drug-likeness (QED) is 0.437. The van der Waals surface area contributed by atoms with E-state index < -0.39 is 7.81 Å². The third-order valence-corrected chi connectivity index (χ3v) is 1.76. The van der Waals surface area contributed by atoms with E-state index in [9.17, 15) is 25.2 Å². The van der Waals surface area contributed by atoms with E-state index >= 15 is 0 Å². The van der Waals surface area contributed by atoms with Gasteiger partial charge in [0.1, 0.15) is 18.2 Å². The van der Waals surface area contributed by atoms with Crippen molar-refractivity contribution in [1.82, 2.24) is 0 Å². The molecule has 0 aliphatic carbocycles. The second-order valence-electron chi connectivity index (χ2n) is 3.75. The summed E-state index contributed by atoms with van der Waals surface area (Å²) < 4.78 is 61.3. The molecule has 0 saturated carbocycles. The van der Waals surface area contributed by atoms with Crippen molar-refractivity contribution in [3.8, 4) is 6.07 Å². The maximum atomic E-state index is 9.87. The fraction of sp³-hybridized carbons (Fsp3) is 0.400. The number of pyridine rings is 1. The molecule has 0 amide bonds. The van der Waals surface area contributed by atoms with Crippen molar-refractivity contribution in [2.75, 3.05) is 0 Å². The Hall–Kier alpha value is -1.35. The van der Waals surface area contributed by atoms with Gasteiger partial charge in [-0.1, -0.05) is 13.3 Å². The van der Waals surface area contributed by atoms with Gasteiger partial charge in [-0.3, -0.25) is 0 Å². The summed E-state index contributed by atoms with van der Waals surface area (Å²) in [5.74, 6) is 0. The predicted molar refractivity (Wildman–Crippen MR) is 59.8 cm³/mol. The number of aromatic nitrogens is 1. The number of aryl methyl sites for hydroxylation is 1. The first-order chi connectivity index (χ1) is 8.31. The van der Waals surface area contributed by atoms with Crippen LogP contribution >= 0.6 is 7.81 Å². The minimum atomic E-state index is -10.7. The van der Waals surface area contributed by atoms with Gasteiger partial charge in [0.25, 0.3) is 0 Å². The Kier molecular flexibility index (Phi) is 4.96. The van der Waals surface area contributed by atoms with E-state index in [1.807, 2.05) is 24.5 Å². The molecule has 0 saturated heterocycles. The number of nitriles is 1. The number of nitrogens with zero attached hydrogens (tertiary/aromatic N) is 2. The van der Waals surface area contributed by atoms with Gasteiger partial charge in [0.05, 0.1) is 0 Å². The maximum absolute atomic E-state index is 10.7. The zero-order valence-corrected chi connectivity index (χ0v) is 10.9. The Balaban J connectivity index is 0.000000399. The van der Waals surface area contributed by atoms with Crippen molar-refractivity contribution < 1.29 is 29.7 Å². The van der Waals surface area contributed by atoms with Gasteiger partial charge in [0.2, 0.25) is 0 Å². The van der Waals surface area contributed by atoms with Crippen LogP contribution in [0.3, 0.4) is 0 Å². The number of hydrogen-bond acceptors (Lipinski definition) is 1. The van der Waals surface area contributed by atoms with Crippen molar-refractivity contribution in [1.29, 1.82) is 5.26 Å². The molecule has 1 aromatic heterocycles. The topological polar surface area (TPSA) is 27.7 Å². The molecule has 0 aromatic carbocycles. The van der Waals surface area contributed by atoms with Gasteiger partial charge in [0.15, 0.2) is 12.4 Å². The van der Waals surface area contributed by atoms with Crippen LogP contribution in [-0.4, -0.2) is 0 Å². The molecule has 0 aliphatic heterocycles. The summed E-state index contributed by atoms with van der Waals surface area (Å²) in [7, 11) is -10.7. The average Bonchev–Trinajstić information content (AvgIpc) is 2.22. The van der Waals surface area contributed by atoms with Crippen LogP contribution in [0.25, 0.3) is 0 Å². The molecule has 9 heteroatoms. The van der Waals surface area contributed by atoms with E-state index in [2.05, 4.69) is 17.6 Å². The Labute approximate surface area is 106 Å². The predicted octanol–water partition coefficient (Wildman–Crippen LogP) is 5.03. The van der Waals surface area contributed by atoms with Gasteiger partial charge < -0.3 is 0 Å². The van der Waals surface area contributed by atoms with Crippen LogP contribution in [0, 0.1) is 11.3 Å². The molecule has 0 aliphatic rings. The van der Waals surface area contributed by atoms with Gasteiger partial charge in [-0.15, -0.1) is 0 Å². The molecule has 1 aromatic rings. The summed E-state index contributed by atoms with van der Waals surface area (Å²) in [6, 6.07) is 5.86. The molecule has 1 heterocycles. The molecule has 110 valence electrons. The standard InChI is InChI=1S/C10H13N2.F6P/c1-2-3-6-12-7-4-5-10(8-11)9-12;1-7(2,3,4,5)6/h4-5,7,9H,2-3,6H2,1H3;/q+1;-1. The number of unbranched alkanes of at least 4 members (excludes halogenated alkanes) is 1. The van der Waals surface area contributed by atoms with Crippen LogP contribution in [-0.2, 0) is 6.54 Å². The molecular weight excluding hydrogens is 293 g/mol. The van der Waals surface area contributed by atoms with Crippen molar-refractivity contribution in [2.24, 2.45) is 0 Å². The Morgan fingerprint density at radius 3 is 2.16 bits per heavy atom. The molecule has 0 N–H and O–H groups in total. The molecule has 19 heavy (non-hydrogen) atoms. The van der Waals surface area contributed by atoms with Gasteiger partial charge in [-0.25, -0.2) is 4.57 Å². The minimum absolute atomic E-state index is 0.730. The van der Waals surface area contributed by atoms with Crippen LogP contribution < -0.4 is 4.57 Å². The molecule has 0 fully saturated rings. The molecule has 0 radical (unpaired) electrons. The van der Waals surface area contributed by atoms with Gasteiger partial charge in [0, 0.05) is 12.5 Å². The van der Waals surface area contributed by atoms with Gasteiger partial charge >= 0.3 is 33.0 Å². The fourth-order valence-corrected chi connectivity index (χ4v) is 1.07. The van der Waals surface area contributed by atoms with Gasteiger partial charge in [-0.2, -0.15) is 5.26 Å². The number of hydrogen-bond donors (Lipinski definition) is 0. The van der Waals surface area contributed by atoms with Crippen molar-refractivity contribution in [3.05, 3.63) is 30.1 Å². The summed E-state index contributed by atoms with van der Waals surface area (Å²) in [4.78, 5) is 0. The first-order valence-electron chi connectivity index (χ1n) is 5.27. The molecular formula is C10H13F6N2P. The summed E-state index contributed by atoms with van der Waals surface area (Å²) in [5, 5.41) is 8.62. The summed E-state index contributed by atoms with van der Waals surface area (Å²) in [5.41, 5.74) is 0.730. The average molecular weight is 306 g/mol. The second kappa shape index (κ2) is 5.33. The van der Waals surface area contributed by atoms with E-state index in [-0.39, 0.29) is 0 Å². The number of rotatable bonds is 3. The van der Waals surface area contributed by atoms with E-state index in [1.54, 1.807) is 0 Å². The monoisotopic (exact) mass is 306 g/mol. The van der Waals surface area contributed by atoms with Crippen molar-refractivity contribution >= 4 is 7.81 Å². The van der Waals surface area contributed by atoms with Crippen LogP contribution in [0.1, 0.15) is 25.3 Å². The SMILES string of the molecule is CCCC[n+]1cccc(C#N)c1.F[P-](F)(F)(F)(F)F. The molecule has 0 atom stereocenters. The molecule has 2 nitrogen and oxygen atoms in total. The second-order valence-corrected chi connectivity index (χ2v) is 5.67. The van der Waals surface area contributed by atoms with E-state index in [0.717, 1.165) is 12.1 Å². The molecule has 0 unspecified atom stereocenters. The van der Waals surface area contributed by atoms with Crippen molar-refractivity contribution in [2.45, 2.75) is 26.3 Å². The van der Waals surface area contributed by atoms with E-state index in [4.69, 9.17) is 5.26 Å². The molecule has 1 rings (SSSR count). The van der Waals surface area contributed by atoms with Gasteiger partial charge in [-0.05, 0) is 6.07 Å². The third-order valence-electron chi connectivity index (χ3n) is 1.76.